The minimum atomic E-state index is -4.36. The number of carbonyl (C=O) groups excluding carboxylic acids is 3. The molecule has 1 N–H and O–H groups in total. The highest BCUT2D eigenvalue weighted by Gasteiger charge is 2.44. The van der Waals surface area contributed by atoms with Crippen LogP contribution in [0.4, 0.5) is 11.4 Å². The quantitative estimate of drug-likeness (QED) is 0.0707. The fourth-order valence-electron chi connectivity index (χ4n) is 7.84. The summed E-state index contributed by atoms with van der Waals surface area (Å²) >= 11 is 0. The molecule has 1 aromatic heterocycles. The standard InChI is InChI=1S/C42H49N3O7PS/c1-41(2)32-16-8-9-17-34(32)43(25-10-5-7-20-40(48)52-45-38(46)23-24-39(45)47)36(41)18-15-19-37-42(3,4)33-30-31(54(49,50)51)21-22-35(33)44(37)26-11-14-29-53-27-12-6-13-28-53/h6,8-9,12-13,15-19,21-22,27-28,30H,5,7,10-11,14,20,23-26,29H2,1-4H3/q+1/p+1. The number of benzene rings is 2. The lowest BCUT2D eigenvalue weighted by Gasteiger charge is -2.27. The first-order chi connectivity index (χ1) is 25.7. The molecule has 1 saturated heterocycles. The van der Waals surface area contributed by atoms with E-state index in [1.165, 1.54) is 11.6 Å². The van der Waals surface area contributed by atoms with Crippen LogP contribution in [-0.2, 0) is 46.3 Å². The number of unbranched alkanes of at least 4 members (excludes halogenated alkanes) is 3. The van der Waals surface area contributed by atoms with Crippen LogP contribution in [0.15, 0.2) is 101 Å². The molecule has 12 heteroatoms. The number of carbonyl (C=O) groups is 3. The number of aryl methyl sites for hydroxylation is 1. The average molecular weight is 772 g/mol. The van der Waals surface area contributed by atoms with E-state index in [0.29, 0.717) is 11.5 Å². The lowest BCUT2D eigenvalue weighted by Crippen LogP contribution is -2.31. The van der Waals surface area contributed by atoms with Crippen molar-refractivity contribution in [1.29, 1.82) is 0 Å². The molecule has 0 spiro atoms. The van der Waals surface area contributed by atoms with Gasteiger partial charge < -0.3 is 9.74 Å². The number of anilines is 1. The number of allylic oxidation sites excluding steroid dienone is 4. The summed E-state index contributed by atoms with van der Waals surface area (Å²) in [6, 6.07) is 19.6. The highest BCUT2D eigenvalue weighted by molar-refractivity contribution is 7.85. The topological polar surface area (TPSA) is 124 Å². The number of hydroxylamine groups is 2. The zero-order chi connectivity index (χ0) is 38.7. The van der Waals surface area contributed by atoms with Gasteiger partial charge >= 0.3 is 5.97 Å². The fourth-order valence-corrected chi connectivity index (χ4v) is 9.97. The van der Waals surface area contributed by atoms with Crippen LogP contribution in [0, 0.1) is 0 Å². The van der Waals surface area contributed by atoms with E-state index in [4.69, 9.17) is 4.84 Å². The third-order valence-corrected chi connectivity index (χ3v) is 13.5. The molecule has 1 fully saturated rings. The van der Waals surface area contributed by atoms with Crippen LogP contribution in [0.5, 0.6) is 0 Å². The van der Waals surface area contributed by atoms with Gasteiger partial charge in [0.1, 0.15) is 31.8 Å². The number of amides is 2. The average Bonchev–Trinajstić information content (AvgIpc) is 3.65. The highest BCUT2D eigenvalue weighted by atomic mass is 32.2. The Balaban J connectivity index is 1.21. The minimum absolute atomic E-state index is 0.0716. The van der Waals surface area contributed by atoms with E-state index in [-0.39, 0.29) is 37.1 Å². The number of hydrogen-bond donors (Lipinski definition) is 1. The van der Waals surface area contributed by atoms with Gasteiger partial charge in [0.25, 0.3) is 21.9 Å². The van der Waals surface area contributed by atoms with E-state index in [1.807, 2.05) is 12.1 Å². The molecule has 6 rings (SSSR count). The monoisotopic (exact) mass is 771 g/mol. The SMILES string of the molecule is CC1(C)C(/C=C/C=C2/N(CCCC[p+]3ccccc3)c3ccc(S(=O)(=O)O)cc3C2(C)C)=[N+](CCCCCC(=O)ON2C(=O)CCC2=O)c2ccccc21. The lowest BCUT2D eigenvalue weighted by molar-refractivity contribution is -0.438. The largest absolute Gasteiger partial charge is 0.344 e. The van der Waals surface area contributed by atoms with Crippen molar-refractivity contribution in [2.45, 2.75) is 101 Å². The zero-order valence-corrected chi connectivity index (χ0v) is 33.2. The van der Waals surface area contributed by atoms with Crippen molar-refractivity contribution in [3.63, 3.8) is 0 Å². The normalized spacial score (nSPS) is 18.3. The van der Waals surface area contributed by atoms with Crippen LogP contribution in [0.2, 0.25) is 0 Å². The Hall–Kier alpha value is -4.44. The second-order valence-corrected chi connectivity index (χ2v) is 18.7. The zero-order valence-electron chi connectivity index (χ0n) is 31.5. The number of fused-ring (bicyclic) bond motifs is 2. The molecule has 54 heavy (non-hydrogen) atoms. The summed E-state index contributed by atoms with van der Waals surface area (Å²) < 4.78 is 36.5. The molecular weight excluding hydrogens is 722 g/mol. The lowest BCUT2D eigenvalue weighted by atomic mass is 9.81. The number of nitrogens with zero attached hydrogens (tertiary/aromatic N) is 3. The smallest absolute Gasteiger partial charge is 0.333 e. The van der Waals surface area contributed by atoms with Crippen molar-refractivity contribution in [3.8, 4) is 0 Å². The third-order valence-electron chi connectivity index (χ3n) is 10.8. The van der Waals surface area contributed by atoms with Crippen molar-refractivity contribution in [2.24, 2.45) is 0 Å². The van der Waals surface area contributed by atoms with Gasteiger partial charge in [0, 0.05) is 66.7 Å². The van der Waals surface area contributed by atoms with Crippen molar-refractivity contribution in [2.75, 3.05) is 18.0 Å². The maximum Gasteiger partial charge on any atom is 0.333 e. The summed E-state index contributed by atoms with van der Waals surface area (Å²) in [5, 5.41) is 0.601. The Bertz CT molecular complexity index is 2120. The summed E-state index contributed by atoms with van der Waals surface area (Å²) in [7, 11) is -4.61. The number of para-hydroxylation sites is 1. The van der Waals surface area contributed by atoms with E-state index in [9.17, 15) is 27.4 Å². The van der Waals surface area contributed by atoms with E-state index in [1.54, 1.807) is 6.07 Å². The maximum atomic E-state index is 12.3. The predicted octanol–water partition coefficient (Wildman–Crippen LogP) is 8.46. The molecule has 4 heterocycles. The molecule has 3 aromatic rings. The van der Waals surface area contributed by atoms with Gasteiger partial charge in [-0.2, -0.15) is 13.0 Å². The van der Waals surface area contributed by atoms with Gasteiger partial charge in [0.15, 0.2) is 5.71 Å². The third kappa shape index (κ3) is 8.28. The van der Waals surface area contributed by atoms with Gasteiger partial charge in [0.2, 0.25) is 5.69 Å². The second-order valence-electron chi connectivity index (χ2n) is 15.2. The summed E-state index contributed by atoms with van der Waals surface area (Å²) in [6.07, 6.45) is 12.0. The van der Waals surface area contributed by atoms with Crippen molar-refractivity contribution in [3.05, 3.63) is 107 Å². The number of rotatable bonds is 15. The molecular formula is C42H50N3O7PS+2. The molecule has 284 valence electrons. The van der Waals surface area contributed by atoms with Crippen LogP contribution in [0.1, 0.15) is 90.2 Å². The van der Waals surface area contributed by atoms with Crippen LogP contribution < -0.4 is 4.90 Å². The molecule has 3 aliphatic heterocycles. The van der Waals surface area contributed by atoms with Crippen molar-refractivity contribution >= 4 is 52.5 Å². The predicted molar refractivity (Wildman–Crippen MR) is 212 cm³/mol. The second kappa shape index (κ2) is 16.1. The highest BCUT2D eigenvalue weighted by Crippen LogP contribution is 2.49. The molecule has 0 radical (unpaired) electrons. The number of hydrogen-bond acceptors (Lipinski definition) is 7. The molecule has 2 aromatic carbocycles. The van der Waals surface area contributed by atoms with Gasteiger partial charge in [-0.3, -0.25) is 14.1 Å². The summed E-state index contributed by atoms with van der Waals surface area (Å²) in [6.45, 7) is 10.2. The molecule has 10 nitrogen and oxygen atoms in total. The van der Waals surface area contributed by atoms with E-state index in [0.717, 1.165) is 73.3 Å². The van der Waals surface area contributed by atoms with Gasteiger partial charge in [-0.15, -0.1) is 5.06 Å². The van der Waals surface area contributed by atoms with Crippen molar-refractivity contribution < 1.29 is 36.8 Å². The number of imide groups is 1. The van der Waals surface area contributed by atoms with Gasteiger partial charge in [0.05, 0.1) is 10.3 Å². The Morgan fingerprint density at radius 3 is 2.33 bits per heavy atom. The first-order valence-corrected chi connectivity index (χ1v) is 21.8. The van der Waals surface area contributed by atoms with Gasteiger partial charge in [-0.1, -0.05) is 44.2 Å². The Kier molecular flexibility index (Phi) is 11.7. The first-order valence-electron chi connectivity index (χ1n) is 18.7. The van der Waals surface area contributed by atoms with Gasteiger partial charge in [-0.25, -0.2) is 4.79 Å². The summed E-state index contributed by atoms with van der Waals surface area (Å²) in [5.74, 6) is 3.06. The molecule has 0 saturated carbocycles. The maximum absolute atomic E-state index is 12.3. The minimum Gasteiger partial charge on any atom is -0.344 e. The Labute approximate surface area is 319 Å². The van der Waals surface area contributed by atoms with Crippen LogP contribution in [-0.4, -0.2) is 59.2 Å². The van der Waals surface area contributed by atoms with Gasteiger partial charge in [-0.05, 0) is 81.5 Å². The first kappa shape index (κ1) is 39.3. The molecule has 2 amide bonds. The van der Waals surface area contributed by atoms with E-state index < -0.39 is 33.3 Å². The molecule has 0 aliphatic carbocycles. The molecule has 3 aliphatic rings. The van der Waals surface area contributed by atoms with Crippen molar-refractivity contribution in [1.82, 2.24) is 5.06 Å². The van der Waals surface area contributed by atoms with E-state index >= 15 is 0 Å². The summed E-state index contributed by atoms with van der Waals surface area (Å²) in [4.78, 5) is 43.2. The Morgan fingerprint density at radius 1 is 0.889 bits per heavy atom. The summed E-state index contributed by atoms with van der Waals surface area (Å²) in [5.41, 5.74) is 5.60. The Morgan fingerprint density at radius 2 is 1.61 bits per heavy atom. The van der Waals surface area contributed by atoms with Crippen LogP contribution in [0.3, 0.4) is 0 Å². The molecule has 0 atom stereocenters. The molecule has 0 bridgehead atoms. The fraction of sp³-hybridized carbons (Fsp3) is 0.405. The van der Waals surface area contributed by atoms with Crippen LogP contribution in [0.25, 0.3) is 0 Å². The molecule has 0 unspecified atom stereocenters. The van der Waals surface area contributed by atoms with Crippen LogP contribution >= 0.6 is 7.53 Å². The van der Waals surface area contributed by atoms with E-state index in [2.05, 4.69) is 103 Å².